The molecule has 1 aromatic carbocycles. The van der Waals surface area contributed by atoms with E-state index in [9.17, 15) is 5.11 Å². The molecule has 0 fully saturated rings. The maximum Gasteiger partial charge on any atom is 0.231 e. The van der Waals surface area contributed by atoms with Gasteiger partial charge in [-0.05, 0) is 38.0 Å². The monoisotopic (exact) mass is 248 g/mol. The number of ether oxygens (including phenoxy) is 2. The van der Waals surface area contributed by atoms with Crippen molar-refractivity contribution in [2.75, 3.05) is 13.8 Å². The lowest BCUT2D eigenvalue weighted by molar-refractivity contribution is 0.171. The topological polar surface area (TPSA) is 50.7 Å². The second-order valence-corrected chi connectivity index (χ2v) is 3.60. The predicted molar refractivity (Wildman–Crippen MR) is 63.7 cm³/mol. The number of nitrogens with one attached hydrogen (secondary N) is 1. The fourth-order valence-electron chi connectivity index (χ4n) is 1.57. The highest BCUT2D eigenvalue weighted by Gasteiger charge is 2.19. The molecule has 0 radical (unpaired) electrons. The molecular weight excluding hydrogens is 230 g/mol. The highest BCUT2D eigenvalue weighted by Crippen LogP contribution is 2.41. The Bertz CT molecular complexity index is 454. The lowest BCUT2D eigenvalue weighted by Gasteiger charge is -2.10. The fraction of sp³-hybridized carbons (Fsp3) is 0.455. The summed E-state index contributed by atoms with van der Waals surface area (Å²) in [6, 6.07) is 3.07. The lowest BCUT2D eigenvalue weighted by Crippen LogP contribution is -2.23. The largest absolute Gasteiger partial charge is 0.504 e. The van der Waals surface area contributed by atoms with E-state index < -0.39 is 6.98 Å². The second-order valence-electron chi connectivity index (χ2n) is 3.60. The van der Waals surface area contributed by atoms with E-state index in [0.29, 0.717) is 17.9 Å². The summed E-state index contributed by atoms with van der Waals surface area (Å²) in [6.07, 6.45) is 0.475. The zero-order valence-corrected chi connectivity index (χ0v) is 9.63. The van der Waals surface area contributed by atoms with Crippen molar-refractivity contribution in [3.8, 4) is 17.2 Å². The number of phenolic OH excluding ortho intramolecular Hbond substituents is 1. The van der Waals surface area contributed by atoms with Gasteiger partial charge in [-0.3, -0.25) is 0 Å². The first-order valence-corrected chi connectivity index (χ1v) is 4.74. The van der Waals surface area contributed by atoms with Gasteiger partial charge in [-0.2, -0.15) is 0 Å². The van der Waals surface area contributed by atoms with Crippen LogP contribution in [0.2, 0.25) is 0 Å². The Morgan fingerprint density at radius 1 is 1.56 bits per heavy atom. The molecule has 4 nitrogen and oxygen atoms in total. The van der Waals surface area contributed by atoms with Crippen molar-refractivity contribution in [2.45, 2.75) is 19.4 Å². The average Bonchev–Trinajstić information content (AvgIpc) is 2.62. The van der Waals surface area contributed by atoms with Crippen LogP contribution in [0.5, 0.6) is 17.2 Å². The number of hydrogen-bond donors (Lipinski definition) is 2. The van der Waals surface area contributed by atoms with Gasteiger partial charge in [-0.1, -0.05) is 0 Å². The first-order chi connectivity index (χ1) is 8.35. The van der Waals surface area contributed by atoms with Gasteiger partial charge in [-0.25, -0.2) is 0 Å². The summed E-state index contributed by atoms with van der Waals surface area (Å²) in [6.45, 7) is -0.304. The van der Waals surface area contributed by atoms with E-state index in [4.69, 9.17) is 13.6 Å². The minimum absolute atomic E-state index is 0. The number of rotatable bonds is 3. The van der Waals surface area contributed by atoms with E-state index in [1.807, 2.05) is 0 Å². The van der Waals surface area contributed by atoms with E-state index >= 15 is 0 Å². The summed E-state index contributed by atoms with van der Waals surface area (Å²) in [5.74, 6) is 0.849. The molecule has 0 amide bonds. The molecule has 0 bridgehead atoms. The molecule has 2 rings (SSSR count). The van der Waals surface area contributed by atoms with Crippen molar-refractivity contribution in [1.82, 2.24) is 5.32 Å². The van der Waals surface area contributed by atoms with Crippen LogP contribution < -0.4 is 14.8 Å². The molecule has 0 aliphatic carbocycles. The van der Waals surface area contributed by atoms with Crippen LogP contribution in [-0.2, 0) is 6.42 Å². The lowest BCUT2D eigenvalue weighted by atomic mass is 10.1. The Kier molecular flexibility index (Phi) is 2.95. The van der Waals surface area contributed by atoms with Crippen LogP contribution in [0.25, 0.3) is 0 Å². The Hall–Kier alpha value is -1.13. The molecule has 1 atom stereocenters. The molecular formula is C11H16ClNO3. The number of phenols is 1. The van der Waals surface area contributed by atoms with Crippen molar-refractivity contribution in [3.05, 3.63) is 17.7 Å². The van der Waals surface area contributed by atoms with Crippen molar-refractivity contribution >= 4 is 12.4 Å². The first-order valence-electron chi connectivity index (χ1n) is 6.24. The van der Waals surface area contributed by atoms with E-state index in [0.717, 1.165) is 5.56 Å². The summed E-state index contributed by atoms with van der Waals surface area (Å²) >= 11 is 0. The normalized spacial score (nSPS) is 17.9. The minimum Gasteiger partial charge on any atom is -0.504 e. The third kappa shape index (κ3) is 2.51. The van der Waals surface area contributed by atoms with Gasteiger partial charge in [-0.15, -0.1) is 12.4 Å². The quantitative estimate of drug-likeness (QED) is 0.855. The van der Waals surface area contributed by atoms with Gasteiger partial charge in [0.05, 0.1) is 0 Å². The maximum absolute atomic E-state index is 9.72. The number of aromatic hydroxyl groups is 1. The molecule has 0 aromatic heterocycles. The third-order valence-electron chi connectivity index (χ3n) is 2.30. The molecule has 0 saturated carbocycles. The van der Waals surface area contributed by atoms with Gasteiger partial charge in [0.15, 0.2) is 11.5 Å². The molecule has 0 spiro atoms. The Labute approximate surface area is 105 Å². The fourth-order valence-corrected chi connectivity index (χ4v) is 1.57. The Morgan fingerprint density at radius 2 is 2.38 bits per heavy atom. The average molecular weight is 249 g/mol. The van der Waals surface area contributed by atoms with Crippen molar-refractivity contribution in [2.24, 2.45) is 0 Å². The number of benzene rings is 1. The van der Waals surface area contributed by atoms with Crippen molar-refractivity contribution in [3.63, 3.8) is 0 Å². The highest BCUT2D eigenvalue weighted by atomic mass is 35.5. The summed E-state index contributed by atoms with van der Waals surface area (Å²) in [4.78, 5) is 0. The van der Waals surface area contributed by atoms with Crippen LogP contribution in [0.4, 0.5) is 0 Å². The van der Waals surface area contributed by atoms with Crippen LogP contribution in [0.1, 0.15) is 16.6 Å². The highest BCUT2D eigenvalue weighted by molar-refractivity contribution is 5.85. The van der Waals surface area contributed by atoms with Gasteiger partial charge in [0.25, 0.3) is 0 Å². The van der Waals surface area contributed by atoms with E-state index in [2.05, 4.69) is 5.32 Å². The third-order valence-corrected chi connectivity index (χ3v) is 2.30. The van der Waals surface area contributed by atoms with E-state index in [1.54, 1.807) is 19.1 Å². The molecule has 0 unspecified atom stereocenters. The van der Waals surface area contributed by atoms with Crippen LogP contribution in [0.15, 0.2) is 12.1 Å². The van der Waals surface area contributed by atoms with Gasteiger partial charge < -0.3 is 19.9 Å². The number of fused-ring (bicyclic) bond motifs is 1. The van der Waals surface area contributed by atoms with Gasteiger partial charge in [0.2, 0.25) is 12.5 Å². The molecule has 0 saturated heterocycles. The number of halogens is 1. The SMILES string of the molecule is Cl.[2H]C([2H])([2H])N[C@H](C)Cc1cc(O)c2c(c1)OCO2. The molecule has 1 aromatic rings. The second kappa shape index (κ2) is 5.27. The smallest absolute Gasteiger partial charge is 0.231 e. The minimum atomic E-state index is -2.17. The van der Waals surface area contributed by atoms with Crippen LogP contribution in [0.3, 0.4) is 0 Å². The molecule has 90 valence electrons. The summed E-state index contributed by atoms with van der Waals surface area (Å²) in [5.41, 5.74) is 0.793. The van der Waals surface area contributed by atoms with Gasteiger partial charge in [0, 0.05) is 10.2 Å². The molecule has 1 aliphatic heterocycles. The van der Waals surface area contributed by atoms with Crippen molar-refractivity contribution < 1.29 is 18.7 Å². The summed E-state index contributed by atoms with van der Waals surface area (Å²) in [7, 11) is 0. The standard InChI is InChI=1S/C11H15NO3.ClH/c1-7(12-2)3-8-4-9(13)11-10(5-8)14-6-15-11;/h4-5,7,12-13H,3,6H2,1-2H3;1H/t7-;/m1./s1/i2D3;. The number of likely N-dealkylation sites (N-methyl/N-ethyl adjacent to an activating group) is 1. The zero-order chi connectivity index (χ0) is 13.3. The van der Waals surface area contributed by atoms with Gasteiger partial charge >= 0.3 is 0 Å². The maximum atomic E-state index is 9.72. The van der Waals surface area contributed by atoms with Crippen molar-refractivity contribution in [1.29, 1.82) is 0 Å². The van der Waals surface area contributed by atoms with Crippen LogP contribution in [-0.4, -0.2) is 24.9 Å². The molecule has 5 heteroatoms. The molecule has 16 heavy (non-hydrogen) atoms. The zero-order valence-electron chi connectivity index (χ0n) is 11.8. The summed E-state index contributed by atoms with van der Waals surface area (Å²) < 4.78 is 31.6. The summed E-state index contributed by atoms with van der Waals surface area (Å²) in [5, 5.41) is 12.2. The molecule has 1 aliphatic rings. The first kappa shape index (κ1) is 8.96. The van der Waals surface area contributed by atoms with E-state index in [1.165, 1.54) is 0 Å². The van der Waals surface area contributed by atoms with Crippen LogP contribution >= 0.6 is 12.4 Å². The Morgan fingerprint density at radius 3 is 3.12 bits per heavy atom. The van der Waals surface area contributed by atoms with Gasteiger partial charge in [0.1, 0.15) is 0 Å². The Balaban J connectivity index is 0.00000180. The molecule has 1 heterocycles. The van der Waals surface area contributed by atoms with E-state index in [-0.39, 0.29) is 31.0 Å². The van der Waals surface area contributed by atoms with Crippen LogP contribution in [0, 0.1) is 0 Å². The predicted octanol–water partition coefficient (Wildman–Crippen LogP) is 1.69. The molecule has 2 N–H and O–H groups in total. The number of hydrogen-bond acceptors (Lipinski definition) is 4.